The first kappa shape index (κ1) is 14.2. The molecule has 1 saturated carbocycles. The zero-order valence-electron chi connectivity index (χ0n) is 11.5. The van der Waals surface area contributed by atoms with Gasteiger partial charge in [0.1, 0.15) is 12.1 Å². The zero-order chi connectivity index (χ0) is 14.4. The molecule has 2 fully saturated rings. The molecule has 4 nitrogen and oxygen atoms in total. The van der Waals surface area contributed by atoms with E-state index < -0.39 is 30.5 Å². The van der Waals surface area contributed by atoms with Crippen molar-refractivity contribution in [1.82, 2.24) is 10.2 Å². The van der Waals surface area contributed by atoms with Crippen molar-refractivity contribution in [2.75, 3.05) is 6.54 Å². The standard InChI is InChI=1S/C13H20F2N2O2/c1-13(2,3)10-12(19)17(6-8(14)15)9(7-4-5-7)11(18)16-10/h7-10H,4-6H2,1-3H3,(H,16,18). The highest BCUT2D eigenvalue weighted by atomic mass is 19.3. The summed E-state index contributed by atoms with van der Waals surface area (Å²) < 4.78 is 25.3. The van der Waals surface area contributed by atoms with E-state index in [4.69, 9.17) is 0 Å². The highest BCUT2D eigenvalue weighted by Gasteiger charge is 2.50. The fraction of sp³-hybridized carbons (Fsp3) is 0.846. The molecule has 19 heavy (non-hydrogen) atoms. The molecule has 0 aromatic rings. The number of amides is 2. The van der Waals surface area contributed by atoms with Crippen molar-refractivity contribution in [3.05, 3.63) is 0 Å². The van der Waals surface area contributed by atoms with E-state index in [0.717, 1.165) is 17.7 Å². The molecule has 1 N–H and O–H groups in total. The topological polar surface area (TPSA) is 49.4 Å². The van der Waals surface area contributed by atoms with E-state index in [9.17, 15) is 18.4 Å². The van der Waals surface area contributed by atoms with Gasteiger partial charge in [0.05, 0.1) is 6.54 Å². The molecule has 2 unspecified atom stereocenters. The number of carbonyl (C=O) groups is 2. The summed E-state index contributed by atoms with van der Waals surface area (Å²) in [5, 5.41) is 2.71. The van der Waals surface area contributed by atoms with Gasteiger partial charge in [0.25, 0.3) is 6.43 Å². The van der Waals surface area contributed by atoms with Crippen LogP contribution < -0.4 is 5.32 Å². The molecule has 0 radical (unpaired) electrons. The number of halogens is 2. The summed E-state index contributed by atoms with van der Waals surface area (Å²) >= 11 is 0. The lowest BCUT2D eigenvalue weighted by molar-refractivity contribution is -0.155. The Morgan fingerprint density at radius 3 is 2.32 bits per heavy atom. The molecule has 1 saturated heterocycles. The molecule has 6 heteroatoms. The first-order valence-electron chi connectivity index (χ1n) is 6.61. The van der Waals surface area contributed by atoms with Gasteiger partial charge in [-0.15, -0.1) is 0 Å². The number of carbonyl (C=O) groups excluding carboxylic acids is 2. The lowest BCUT2D eigenvalue weighted by Crippen LogP contribution is -2.67. The van der Waals surface area contributed by atoms with Crippen LogP contribution >= 0.6 is 0 Å². The number of alkyl halides is 2. The largest absolute Gasteiger partial charge is 0.342 e. The van der Waals surface area contributed by atoms with Crippen LogP contribution in [0.5, 0.6) is 0 Å². The van der Waals surface area contributed by atoms with E-state index in [1.807, 2.05) is 20.8 Å². The summed E-state index contributed by atoms with van der Waals surface area (Å²) in [5.74, 6) is -0.629. The predicted molar refractivity (Wildman–Crippen MR) is 65.6 cm³/mol. The maximum Gasteiger partial charge on any atom is 0.255 e. The van der Waals surface area contributed by atoms with Crippen LogP contribution in [0.2, 0.25) is 0 Å². The Morgan fingerprint density at radius 1 is 1.32 bits per heavy atom. The summed E-state index contributed by atoms with van der Waals surface area (Å²) in [6.07, 6.45) is -0.965. The molecule has 0 aromatic heterocycles. The van der Waals surface area contributed by atoms with Gasteiger partial charge in [-0.2, -0.15) is 0 Å². The maximum atomic E-state index is 12.7. The molecule has 1 aliphatic heterocycles. The average Bonchev–Trinajstić information content (AvgIpc) is 3.04. The smallest absolute Gasteiger partial charge is 0.255 e. The molecule has 0 spiro atoms. The Balaban J connectivity index is 2.25. The Hall–Kier alpha value is -1.20. The van der Waals surface area contributed by atoms with Crippen LogP contribution in [0, 0.1) is 11.3 Å². The first-order chi connectivity index (χ1) is 8.71. The van der Waals surface area contributed by atoms with E-state index in [2.05, 4.69) is 5.32 Å². The number of hydrogen-bond acceptors (Lipinski definition) is 2. The Morgan fingerprint density at radius 2 is 1.89 bits per heavy atom. The fourth-order valence-electron chi connectivity index (χ4n) is 2.55. The Labute approximate surface area is 111 Å². The maximum absolute atomic E-state index is 12.7. The summed E-state index contributed by atoms with van der Waals surface area (Å²) in [5.41, 5.74) is -0.484. The van der Waals surface area contributed by atoms with Crippen LogP contribution in [0.1, 0.15) is 33.6 Å². The van der Waals surface area contributed by atoms with Crippen LogP contribution in [0.15, 0.2) is 0 Å². The van der Waals surface area contributed by atoms with Gasteiger partial charge in [-0.1, -0.05) is 20.8 Å². The van der Waals surface area contributed by atoms with Crippen molar-refractivity contribution in [2.24, 2.45) is 11.3 Å². The minimum absolute atomic E-state index is 0.0450. The second-order valence-electron chi connectivity index (χ2n) is 6.47. The number of nitrogens with one attached hydrogen (secondary N) is 1. The van der Waals surface area contributed by atoms with Gasteiger partial charge in [-0.3, -0.25) is 9.59 Å². The highest BCUT2D eigenvalue weighted by Crippen LogP contribution is 2.38. The van der Waals surface area contributed by atoms with Crippen LogP contribution in [0.25, 0.3) is 0 Å². The average molecular weight is 274 g/mol. The summed E-state index contributed by atoms with van der Waals surface area (Å²) in [6.45, 7) is 4.79. The lowest BCUT2D eigenvalue weighted by atomic mass is 9.83. The van der Waals surface area contributed by atoms with Gasteiger partial charge in [0, 0.05) is 0 Å². The van der Waals surface area contributed by atoms with Gasteiger partial charge in [-0.25, -0.2) is 8.78 Å². The first-order valence-corrected chi connectivity index (χ1v) is 6.61. The van der Waals surface area contributed by atoms with E-state index in [0.29, 0.717) is 0 Å². The molecule has 108 valence electrons. The second kappa shape index (κ2) is 4.72. The fourth-order valence-corrected chi connectivity index (χ4v) is 2.55. The van der Waals surface area contributed by atoms with Crippen LogP contribution in [-0.4, -0.2) is 41.8 Å². The third kappa shape index (κ3) is 2.87. The summed E-state index contributed by atoms with van der Waals surface area (Å²) in [4.78, 5) is 25.6. The lowest BCUT2D eigenvalue weighted by Gasteiger charge is -2.43. The molecule has 0 aromatic carbocycles. The van der Waals surface area contributed by atoms with Gasteiger partial charge >= 0.3 is 0 Å². The van der Waals surface area contributed by atoms with Crippen molar-refractivity contribution in [3.63, 3.8) is 0 Å². The van der Waals surface area contributed by atoms with Crippen molar-refractivity contribution in [1.29, 1.82) is 0 Å². The van der Waals surface area contributed by atoms with Crippen molar-refractivity contribution in [2.45, 2.75) is 52.1 Å². The van der Waals surface area contributed by atoms with Gasteiger partial charge in [0.15, 0.2) is 0 Å². The Bertz CT molecular complexity index is 389. The normalized spacial score (nSPS) is 28.8. The summed E-state index contributed by atoms with van der Waals surface area (Å²) in [7, 11) is 0. The number of hydrogen-bond donors (Lipinski definition) is 1. The summed E-state index contributed by atoms with van der Waals surface area (Å²) in [6, 6.07) is -1.44. The number of rotatable bonds is 3. The molecule has 2 amide bonds. The van der Waals surface area contributed by atoms with Crippen LogP contribution in [0.3, 0.4) is 0 Å². The molecule has 2 atom stereocenters. The minimum atomic E-state index is -2.61. The molecule has 2 aliphatic rings. The van der Waals surface area contributed by atoms with E-state index in [1.165, 1.54) is 0 Å². The van der Waals surface area contributed by atoms with Gasteiger partial charge < -0.3 is 10.2 Å². The van der Waals surface area contributed by atoms with E-state index in [-0.39, 0.29) is 17.7 Å². The molecular formula is C13H20F2N2O2. The quantitative estimate of drug-likeness (QED) is 0.846. The Kier molecular flexibility index (Phi) is 3.53. The van der Waals surface area contributed by atoms with Crippen LogP contribution in [0.4, 0.5) is 8.78 Å². The van der Waals surface area contributed by atoms with E-state index >= 15 is 0 Å². The van der Waals surface area contributed by atoms with Crippen molar-refractivity contribution >= 4 is 11.8 Å². The third-order valence-electron chi connectivity index (χ3n) is 3.69. The SMILES string of the molecule is CC(C)(C)C1NC(=O)C(C2CC2)N(CC(F)F)C1=O. The molecule has 0 bridgehead atoms. The number of nitrogens with zero attached hydrogens (tertiary/aromatic N) is 1. The minimum Gasteiger partial charge on any atom is -0.342 e. The number of piperazine rings is 1. The molecule has 2 rings (SSSR count). The monoisotopic (exact) mass is 274 g/mol. The van der Waals surface area contributed by atoms with Crippen LogP contribution in [-0.2, 0) is 9.59 Å². The van der Waals surface area contributed by atoms with Crippen molar-refractivity contribution in [3.8, 4) is 0 Å². The second-order valence-corrected chi connectivity index (χ2v) is 6.47. The van der Waals surface area contributed by atoms with Gasteiger partial charge in [0.2, 0.25) is 11.8 Å². The highest BCUT2D eigenvalue weighted by molar-refractivity contribution is 5.97. The molecule has 1 heterocycles. The predicted octanol–water partition coefficient (Wildman–Crippen LogP) is 1.40. The van der Waals surface area contributed by atoms with Crippen molar-refractivity contribution < 1.29 is 18.4 Å². The molecular weight excluding hydrogens is 254 g/mol. The zero-order valence-corrected chi connectivity index (χ0v) is 11.5. The van der Waals surface area contributed by atoms with Gasteiger partial charge in [-0.05, 0) is 24.2 Å². The third-order valence-corrected chi connectivity index (χ3v) is 3.69. The molecule has 1 aliphatic carbocycles. The van der Waals surface area contributed by atoms with E-state index in [1.54, 1.807) is 0 Å².